The molecule has 3 atom stereocenters. The van der Waals surface area contributed by atoms with Crippen molar-refractivity contribution in [1.82, 2.24) is 9.80 Å². The number of hydrogen-bond acceptors (Lipinski definition) is 4. The molecule has 1 saturated heterocycles. The van der Waals surface area contributed by atoms with Gasteiger partial charge in [0.1, 0.15) is 5.76 Å². The largest absolute Gasteiger partial charge is 0.468 e. The van der Waals surface area contributed by atoms with E-state index in [9.17, 15) is 0 Å². The molecular formula is C14H25N3O. The normalized spacial score (nSPS) is 24.6. The topological polar surface area (TPSA) is 45.6 Å². The van der Waals surface area contributed by atoms with E-state index in [2.05, 4.69) is 30.8 Å². The molecule has 1 aromatic heterocycles. The van der Waals surface area contributed by atoms with E-state index < -0.39 is 0 Å². The lowest BCUT2D eigenvalue weighted by atomic mass is 10.0. The molecule has 0 spiro atoms. The van der Waals surface area contributed by atoms with Crippen LogP contribution in [-0.4, -0.2) is 49.1 Å². The van der Waals surface area contributed by atoms with Crippen LogP contribution in [0.5, 0.6) is 0 Å². The van der Waals surface area contributed by atoms with Gasteiger partial charge >= 0.3 is 0 Å². The van der Waals surface area contributed by atoms with Crippen molar-refractivity contribution in [2.24, 2.45) is 5.73 Å². The molecule has 0 radical (unpaired) electrons. The molecule has 1 aliphatic heterocycles. The second-order valence-electron chi connectivity index (χ2n) is 5.43. The van der Waals surface area contributed by atoms with Crippen molar-refractivity contribution in [2.45, 2.75) is 37.9 Å². The van der Waals surface area contributed by atoms with Crippen LogP contribution in [0.3, 0.4) is 0 Å². The van der Waals surface area contributed by atoms with Crippen molar-refractivity contribution in [3.8, 4) is 0 Å². The molecule has 2 heterocycles. The van der Waals surface area contributed by atoms with Gasteiger partial charge in [0.2, 0.25) is 0 Å². The van der Waals surface area contributed by atoms with Crippen LogP contribution in [0.25, 0.3) is 0 Å². The Hall–Kier alpha value is -0.840. The fourth-order valence-electron chi connectivity index (χ4n) is 2.79. The second kappa shape index (κ2) is 5.87. The molecule has 0 bridgehead atoms. The van der Waals surface area contributed by atoms with E-state index in [0.717, 1.165) is 25.3 Å². The third kappa shape index (κ3) is 2.76. The monoisotopic (exact) mass is 251 g/mol. The Morgan fingerprint density at radius 2 is 2.33 bits per heavy atom. The molecule has 4 nitrogen and oxygen atoms in total. The molecular weight excluding hydrogens is 226 g/mol. The highest BCUT2D eigenvalue weighted by molar-refractivity contribution is 5.09. The van der Waals surface area contributed by atoms with Crippen LogP contribution in [0, 0.1) is 0 Å². The van der Waals surface area contributed by atoms with Crippen molar-refractivity contribution in [1.29, 1.82) is 0 Å². The summed E-state index contributed by atoms with van der Waals surface area (Å²) in [5, 5.41) is 0. The third-order valence-electron chi connectivity index (χ3n) is 4.03. The molecule has 0 amide bonds. The maximum absolute atomic E-state index is 6.29. The van der Waals surface area contributed by atoms with Gasteiger partial charge in [-0.2, -0.15) is 0 Å². The summed E-state index contributed by atoms with van der Waals surface area (Å²) in [5.41, 5.74) is 6.29. The summed E-state index contributed by atoms with van der Waals surface area (Å²) in [5.74, 6) is 1.00. The van der Waals surface area contributed by atoms with Gasteiger partial charge < -0.3 is 15.1 Å². The Morgan fingerprint density at radius 1 is 1.56 bits per heavy atom. The van der Waals surface area contributed by atoms with Crippen molar-refractivity contribution in [2.75, 3.05) is 27.2 Å². The van der Waals surface area contributed by atoms with E-state index in [0.29, 0.717) is 6.04 Å². The van der Waals surface area contributed by atoms with Crippen LogP contribution in [0.1, 0.15) is 31.6 Å². The molecule has 18 heavy (non-hydrogen) atoms. The zero-order valence-corrected chi connectivity index (χ0v) is 11.7. The van der Waals surface area contributed by atoms with Crippen molar-refractivity contribution in [3.05, 3.63) is 24.2 Å². The van der Waals surface area contributed by atoms with Crippen LogP contribution < -0.4 is 5.73 Å². The minimum absolute atomic E-state index is 0.136. The van der Waals surface area contributed by atoms with Gasteiger partial charge in [-0.15, -0.1) is 0 Å². The van der Waals surface area contributed by atoms with E-state index in [1.165, 1.54) is 6.42 Å². The molecule has 4 heteroatoms. The minimum Gasteiger partial charge on any atom is -0.468 e. The van der Waals surface area contributed by atoms with Gasteiger partial charge in [0.25, 0.3) is 0 Å². The van der Waals surface area contributed by atoms with Crippen LogP contribution in [0.4, 0.5) is 0 Å². The molecule has 2 N–H and O–H groups in total. The molecule has 0 aliphatic carbocycles. The van der Waals surface area contributed by atoms with E-state index in [4.69, 9.17) is 10.2 Å². The summed E-state index contributed by atoms with van der Waals surface area (Å²) in [4.78, 5) is 4.77. The highest BCUT2D eigenvalue weighted by Crippen LogP contribution is 2.29. The summed E-state index contributed by atoms with van der Waals surface area (Å²) in [7, 11) is 4.30. The number of hydrogen-bond donors (Lipinski definition) is 1. The molecule has 1 fully saturated rings. The molecule has 1 aromatic rings. The maximum atomic E-state index is 6.29. The van der Waals surface area contributed by atoms with E-state index >= 15 is 0 Å². The van der Waals surface area contributed by atoms with E-state index in [1.54, 1.807) is 6.26 Å². The van der Waals surface area contributed by atoms with Crippen LogP contribution >= 0.6 is 0 Å². The van der Waals surface area contributed by atoms with Crippen LogP contribution in [-0.2, 0) is 0 Å². The van der Waals surface area contributed by atoms with Crippen molar-refractivity contribution in [3.63, 3.8) is 0 Å². The van der Waals surface area contributed by atoms with Gasteiger partial charge in [-0.3, -0.25) is 4.90 Å². The SMILES string of the molecule is CCC(N)C(c1ccco1)N1CCC(N(C)C)C1. The van der Waals surface area contributed by atoms with Gasteiger partial charge in [0.05, 0.1) is 12.3 Å². The van der Waals surface area contributed by atoms with Crippen LogP contribution in [0.15, 0.2) is 22.8 Å². The lowest BCUT2D eigenvalue weighted by Crippen LogP contribution is -2.41. The first-order chi connectivity index (χ1) is 8.63. The zero-order valence-electron chi connectivity index (χ0n) is 11.7. The summed E-state index contributed by atoms with van der Waals surface area (Å²) >= 11 is 0. The van der Waals surface area contributed by atoms with Gasteiger partial charge in [0, 0.05) is 25.2 Å². The van der Waals surface area contributed by atoms with E-state index in [-0.39, 0.29) is 12.1 Å². The molecule has 3 unspecified atom stereocenters. The number of likely N-dealkylation sites (tertiary alicyclic amines) is 1. The van der Waals surface area contributed by atoms with Gasteiger partial charge in [-0.25, -0.2) is 0 Å². The average molecular weight is 251 g/mol. The first-order valence-electron chi connectivity index (χ1n) is 6.83. The fraction of sp³-hybridized carbons (Fsp3) is 0.714. The third-order valence-corrected chi connectivity index (χ3v) is 4.03. The van der Waals surface area contributed by atoms with Gasteiger partial charge in [-0.1, -0.05) is 6.92 Å². The standard InChI is InChI=1S/C14H25N3O/c1-4-12(15)14(13-6-5-9-18-13)17-8-7-11(10-17)16(2)3/h5-6,9,11-12,14H,4,7-8,10,15H2,1-3H3. The number of nitrogens with two attached hydrogens (primary N) is 1. The lowest BCUT2D eigenvalue weighted by molar-refractivity contribution is 0.168. The molecule has 0 saturated carbocycles. The second-order valence-corrected chi connectivity index (χ2v) is 5.43. The Morgan fingerprint density at radius 3 is 2.83 bits per heavy atom. The highest BCUT2D eigenvalue weighted by atomic mass is 16.3. The predicted octanol–water partition coefficient (Wildman–Crippen LogP) is 1.69. The predicted molar refractivity (Wildman–Crippen MR) is 73.4 cm³/mol. The number of nitrogens with zero attached hydrogens (tertiary/aromatic N) is 2. The summed E-state index contributed by atoms with van der Waals surface area (Å²) in [6, 6.07) is 4.98. The summed E-state index contributed by atoms with van der Waals surface area (Å²) in [6.07, 6.45) is 3.92. The maximum Gasteiger partial charge on any atom is 0.122 e. The molecule has 0 aromatic carbocycles. The number of rotatable bonds is 5. The zero-order chi connectivity index (χ0) is 13.1. The van der Waals surface area contributed by atoms with Crippen LogP contribution in [0.2, 0.25) is 0 Å². The quantitative estimate of drug-likeness (QED) is 0.865. The Bertz CT molecular complexity index is 350. The van der Waals surface area contributed by atoms with E-state index in [1.807, 2.05) is 12.1 Å². The first-order valence-corrected chi connectivity index (χ1v) is 6.83. The molecule has 102 valence electrons. The number of likely N-dealkylation sites (N-methyl/N-ethyl adjacent to an activating group) is 1. The Balaban J connectivity index is 2.11. The smallest absolute Gasteiger partial charge is 0.122 e. The number of furan rings is 1. The summed E-state index contributed by atoms with van der Waals surface area (Å²) in [6.45, 7) is 4.31. The first kappa shape index (κ1) is 13.6. The Labute approximate surface area is 110 Å². The van der Waals surface area contributed by atoms with Crippen molar-refractivity contribution >= 4 is 0 Å². The molecule has 2 rings (SSSR count). The average Bonchev–Trinajstić information content (AvgIpc) is 3.00. The molecule has 1 aliphatic rings. The summed E-state index contributed by atoms with van der Waals surface area (Å²) < 4.78 is 5.59. The fourth-order valence-corrected chi connectivity index (χ4v) is 2.79. The van der Waals surface area contributed by atoms with Gasteiger partial charge in [0.15, 0.2) is 0 Å². The van der Waals surface area contributed by atoms with Gasteiger partial charge in [-0.05, 0) is 39.1 Å². The minimum atomic E-state index is 0.136. The highest BCUT2D eigenvalue weighted by Gasteiger charge is 2.34. The lowest BCUT2D eigenvalue weighted by Gasteiger charge is -2.31. The Kier molecular flexibility index (Phi) is 4.43. The van der Waals surface area contributed by atoms with Crippen molar-refractivity contribution < 1.29 is 4.42 Å².